The number of rotatable bonds is 7. The lowest BCUT2D eigenvalue weighted by atomic mass is 9.83. The van der Waals surface area contributed by atoms with Crippen LogP contribution in [-0.4, -0.2) is 66.8 Å². The maximum absolute atomic E-state index is 6.03. The van der Waals surface area contributed by atoms with Crippen molar-refractivity contribution in [1.82, 2.24) is 14.7 Å². The van der Waals surface area contributed by atoms with E-state index in [2.05, 4.69) is 10.00 Å². The number of ether oxygens (including phenoxy) is 3. The predicted molar refractivity (Wildman–Crippen MR) is 104 cm³/mol. The van der Waals surface area contributed by atoms with Crippen molar-refractivity contribution >= 4 is 5.69 Å². The summed E-state index contributed by atoms with van der Waals surface area (Å²) in [5, 5.41) is 4.52. The van der Waals surface area contributed by atoms with Gasteiger partial charge in [0, 0.05) is 32.3 Å². The van der Waals surface area contributed by atoms with Gasteiger partial charge in [0.25, 0.3) is 5.88 Å². The van der Waals surface area contributed by atoms with E-state index in [4.69, 9.17) is 19.9 Å². The zero-order valence-corrected chi connectivity index (χ0v) is 16.5. The van der Waals surface area contributed by atoms with Crippen LogP contribution in [0.4, 0.5) is 5.69 Å². The number of piperidine rings is 1. The molecular formula is C20H34N4O3. The van der Waals surface area contributed by atoms with Crippen molar-refractivity contribution in [2.45, 2.75) is 57.2 Å². The van der Waals surface area contributed by atoms with Gasteiger partial charge in [-0.1, -0.05) is 0 Å². The van der Waals surface area contributed by atoms with Crippen LogP contribution in [-0.2, 0) is 16.0 Å². The third kappa shape index (κ3) is 4.58. The van der Waals surface area contributed by atoms with E-state index < -0.39 is 0 Å². The lowest BCUT2D eigenvalue weighted by molar-refractivity contribution is 0.0441. The standard InChI is InChI=1S/C20H34N4O3/c1-25-8-9-27-20-19(21)12-23(22-20)10-15-2-5-17(6-3-15)24-11-16-4-7-18(24)14-26-13-16/h12,15-18H,2-11,13-14,21H2,1H3/t15-,16?,17-,18-/m1/s1. The fourth-order valence-corrected chi connectivity index (χ4v) is 5.04. The summed E-state index contributed by atoms with van der Waals surface area (Å²) in [5.74, 6) is 1.96. The van der Waals surface area contributed by atoms with E-state index in [1.165, 1.54) is 45.1 Å². The molecule has 2 bridgehead atoms. The Hall–Kier alpha value is -1.31. The van der Waals surface area contributed by atoms with Gasteiger partial charge in [-0.15, -0.1) is 5.10 Å². The van der Waals surface area contributed by atoms with E-state index in [0.717, 1.165) is 31.7 Å². The summed E-state index contributed by atoms with van der Waals surface area (Å²) < 4.78 is 18.4. The molecule has 0 amide bonds. The summed E-state index contributed by atoms with van der Waals surface area (Å²) >= 11 is 0. The first-order chi connectivity index (χ1) is 13.2. The average Bonchev–Trinajstić information content (AvgIpc) is 2.85. The Morgan fingerprint density at radius 1 is 1.11 bits per heavy atom. The number of methoxy groups -OCH3 is 1. The fourth-order valence-electron chi connectivity index (χ4n) is 5.04. The number of hydrogen-bond donors (Lipinski definition) is 1. The molecule has 1 unspecified atom stereocenters. The third-order valence-electron chi connectivity index (χ3n) is 6.52. The highest BCUT2D eigenvalue weighted by atomic mass is 16.5. The van der Waals surface area contributed by atoms with Gasteiger partial charge in [0.05, 0.1) is 26.0 Å². The molecule has 2 atom stereocenters. The zero-order valence-electron chi connectivity index (χ0n) is 16.5. The molecule has 2 N–H and O–H groups in total. The topological polar surface area (TPSA) is 74.8 Å². The first kappa shape index (κ1) is 19.0. The summed E-state index contributed by atoms with van der Waals surface area (Å²) in [4.78, 5) is 2.78. The highest BCUT2D eigenvalue weighted by Gasteiger charge is 2.37. The molecule has 1 aliphatic carbocycles. The molecule has 7 nitrogen and oxygen atoms in total. The molecule has 0 radical (unpaired) electrons. The average molecular weight is 379 g/mol. The number of anilines is 1. The van der Waals surface area contributed by atoms with Gasteiger partial charge in [0.15, 0.2) is 0 Å². The van der Waals surface area contributed by atoms with Crippen LogP contribution in [0.3, 0.4) is 0 Å². The minimum atomic E-state index is 0.477. The van der Waals surface area contributed by atoms with Crippen LogP contribution >= 0.6 is 0 Å². The molecule has 27 heavy (non-hydrogen) atoms. The van der Waals surface area contributed by atoms with E-state index in [1.807, 2.05) is 10.9 Å². The van der Waals surface area contributed by atoms with E-state index in [0.29, 0.717) is 36.7 Å². The lowest BCUT2D eigenvalue weighted by Crippen LogP contribution is -2.50. The molecule has 4 heterocycles. The molecule has 0 aromatic carbocycles. The molecule has 1 saturated carbocycles. The molecule has 4 aliphatic rings. The molecule has 1 aromatic heterocycles. The Bertz CT molecular complexity index is 596. The molecular weight excluding hydrogens is 344 g/mol. The monoisotopic (exact) mass is 378 g/mol. The predicted octanol–water partition coefficient (Wildman–Crippen LogP) is 2.16. The van der Waals surface area contributed by atoms with Crippen molar-refractivity contribution in [3.05, 3.63) is 6.20 Å². The minimum absolute atomic E-state index is 0.477. The van der Waals surface area contributed by atoms with Gasteiger partial charge in [0.2, 0.25) is 0 Å². The van der Waals surface area contributed by atoms with Crippen LogP contribution in [0.15, 0.2) is 6.20 Å². The first-order valence-corrected chi connectivity index (χ1v) is 10.5. The largest absolute Gasteiger partial charge is 0.473 e. The van der Waals surface area contributed by atoms with E-state index in [-0.39, 0.29) is 0 Å². The number of hydrogen-bond acceptors (Lipinski definition) is 6. The minimum Gasteiger partial charge on any atom is -0.473 e. The summed E-state index contributed by atoms with van der Waals surface area (Å²) in [5.41, 5.74) is 6.64. The van der Waals surface area contributed by atoms with E-state index >= 15 is 0 Å². The second-order valence-corrected chi connectivity index (χ2v) is 8.46. The van der Waals surface area contributed by atoms with Gasteiger partial charge in [-0.2, -0.15) is 0 Å². The third-order valence-corrected chi connectivity index (χ3v) is 6.52. The van der Waals surface area contributed by atoms with Crippen molar-refractivity contribution in [3.63, 3.8) is 0 Å². The van der Waals surface area contributed by atoms with Gasteiger partial charge < -0.3 is 19.9 Å². The molecule has 4 fully saturated rings. The number of fused-ring (bicyclic) bond motifs is 4. The van der Waals surface area contributed by atoms with Crippen molar-refractivity contribution in [2.75, 3.05) is 45.8 Å². The van der Waals surface area contributed by atoms with E-state index in [9.17, 15) is 0 Å². The Morgan fingerprint density at radius 2 is 1.93 bits per heavy atom. The molecule has 0 spiro atoms. The number of nitrogen functional groups attached to an aromatic ring is 1. The Labute approximate surface area is 162 Å². The summed E-state index contributed by atoms with van der Waals surface area (Å²) in [6, 6.07) is 1.40. The van der Waals surface area contributed by atoms with E-state index in [1.54, 1.807) is 7.11 Å². The summed E-state index contributed by atoms with van der Waals surface area (Å²) in [7, 11) is 1.66. The second-order valence-electron chi connectivity index (χ2n) is 8.46. The highest BCUT2D eigenvalue weighted by molar-refractivity contribution is 5.45. The number of aromatic nitrogens is 2. The Kier molecular flexibility index (Phi) is 6.20. The number of nitrogens with zero attached hydrogens (tertiary/aromatic N) is 3. The summed E-state index contributed by atoms with van der Waals surface area (Å²) in [6.07, 6.45) is 9.69. The fraction of sp³-hybridized carbons (Fsp3) is 0.850. The van der Waals surface area contributed by atoms with Crippen molar-refractivity contribution in [1.29, 1.82) is 0 Å². The smallest absolute Gasteiger partial charge is 0.256 e. The maximum Gasteiger partial charge on any atom is 0.256 e. The van der Waals surface area contributed by atoms with Crippen LogP contribution in [0.25, 0.3) is 0 Å². The van der Waals surface area contributed by atoms with Gasteiger partial charge >= 0.3 is 0 Å². The molecule has 7 heteroatoms. The quantitative estimate of drug-likeness (QED) is 0.733. The Balaban J connectivity index is 1.27. The lowest BCUT2D eigenvalue weighted by Gasteiger charge is -2.44. The van der Waals surface area contributed by atoms with Crippen LogP contribution in [0.5, 0.6) is 5.88 Å². The second kappa shape index (κ2) is 8.80. The molecule has 3 saturated heterocycles. The summed E-state index contributed by atoms with van der Waals surface area (Å²) in [6.45, 7) is 5.11. The van der Waals surface area contributed by atoms with Gasteiger partial charge in [0.1, 0.15) is 12.3 Å². The SMILES string of the molecule is COCCOc1nn(C[C@H]2CC[C@H](N3CC4CC[C@@H]3COC4)CC2)cc1N. The first-order valence-electron chi connectivity index (χ1n) is 10.5. The zero-order chi connectivity index (χ0) is 18.6. The normalized spacial score (nSPS) is 31.7. The number of nitrogens with two attached hydrogens (primary N) is 1. The van der Waals surface area contributed by atoms with Gasteiger partial charge in [-0.05, 0) is 50.4 Å². The van der Waals surface area contributed by atoms with Crippen molar-refractivity contribution in [3.8, 4) is 5.88 Å². The van der Waals surface area contributed by atoms with Gasteiger partial charge in [-0.3, -0.25) is 9.58 Å². The Morgan fingerprint density at radius 3 is 2.74 bits per heavy atom. The highest BCUT2D eigenvalue weighted by Crippen LogP contribution is 2.35. The van der Waals surface area contributed by atoms with Gasteiger partial charge in [-0.25, -0.2) is 0 Å². The molecule has 5 rings (SSSR count). The van der Waals surface area contributed by atoms with Crippen molar-refractivity contribution in [2.24, 2.45) is 11.8 Å². The van der Waals surface area contributed by atoms with Crippen LogP contribution in [0.2, 0.25) is 0 Å². The van der Waals surface area contributed by atoms with Crippen LogP contribution in [0, 0.1) is 11.8 Å². The maximum atomic E-state index is 6.03. The van der Waals surface area contributed by atoms with Crippen LogP contribution in [0.1, 0.15) is 38.5 Å². The van der Waals surface area contributed by atoms with Crippen LogP contribution < -0.4 is 10.5 Å². The van der Waals surface area contributed by atoms with Crippen molar-refractivity contribution < 1.29 is 14.2 Å². The molecule has 152 valence electrons. The molecule has 1 aromatic rings. The molecule has 3 aliphatic heterocycles.